The number of H-pyrrole nitrogens is 1. The zero-order valence-electron chi connectivity index (χ0n) is 12.4. The van der Waals surface area contributed by atoms with Crippen LogP contribution >= 0.6 is 0 Å². The van der Waals surface area contributed by atoms with E-state index in [0.29, 0.717) is 11.0 Å². The third kappa shape index (κ3) is 2.48. The van der Waals surface area contributed by atoms with Gasteiger partial charge in [-0.05, 0) is 25.1 Å². The fourth-order valence-electron chi connectivity index (χ4n) is 2.33. The van der Waals surface area contributed by atoms with Crippen molar-refractivity contribution in [3.63, 3.8) is 0 Å². The molecule has 0 aliphatic carbocycles. The standard InChI is InChI=1S/C14H13N3O5S/c1-3-22-14(19)11-12-13(18)16-9-6-8(23(2,20)21)4-5-10(9)17(12)7-15-11/h4-7H,3H2,1-2H3,(H,16,18). The molecule has 0 unspecified atom stereocenters. The lowest BCUT2D eigenvalue weighted by molar-refractivity contribution is 0.0522. The highest BCUT2D eigenvalue weighted by Gasteiger charge is 2.19. The number of hydrogen-bond donors (Lipinski definition) is 1. The predicted octanol–water partition coefficient (Wildman–Crippen LogP) is 0.756. The number of nitrogens with zero attached hydrogens (tertiary/aromatic N) is 2. The molecule has 0 aliphatic rings. The monoisotopic (exact) mass is 335 g/mol. The molecular formula is C14H13N3O5S. The minimum atomic E-state index is -3.40. The Kier molecular flexibility index (Phi) is 3.44. The molecule has 0 saturated carbocycles. The zero-order valence-corrected chi connectivity index (χ0v) is 13.2. The third-order valence-corrected chi connectivity index (χ3v) is 4.47. The van der Waals surface area contributed by atoms with Gasteiger partial charge in [0.25, 0.3) is 5.56 Å². The summed E-state index contributed by atoms with van der Waals surface area (Å²) in [6.07, 6.45) is 2.42. The maximum atomic E-state index is 12.3. The second kappa shape index (κ2) is 5.20. The van der Waals surface area contributed by atoms with Crippen molar-refractivity contribution in [3.05, 3.63) is 40.6 Å². The van der Waals surface area contributed by atoms with E-state index in [1.807, 2.05) is 0 Å². The minimum Gasteiger partial charge on any atom is -0.461 e. The molecule has 0 fully saturated rings. The number of benzene rings is 1. The lowest BCUT2D eigenvalue weighted by Gasteiger charge is -2.05. The van der Waals surface area contributed by atoms with Crippen molar-refractivity contribution < 1.29 is 17.9 Å². The molecule has 0 atom stereocenters. The Labute approximate surface area is 130 Å². The van der Waals surface area contributed by atoms with Crippen molar-refractivity contribution in [2.24, 2.45) is 0 Å². The molecule has 9 heteroatoms. The van der Waals surface area contributed by atoms with Crippen LogP contribution in [0.2, 0.25) is 0 Å². The van der Waals surface area contributed by atoms with E-state index >= 15 is 0 Å². The quantitative estimate of drug-likeness (QED) is 0.707. The van der Waals surface area contributed by atoms with E-state index in [2.05, 4.69) is 9.97 Å². The molecule has 0 saturated heterocycles. The number of aromatic amines is 1. The molecule has 1 aromatic carbocycles. The first-order chi connectivity index (χ1) is 10.8. The highest BCUT2D eigenvalue weighted by atomic mass is 32.2. The first kappa shape index (κ1) is 15.2. The van der Waals surface area contributed by atoms with Gasteiger partial charge in [-0.2, -0.15) is 0 Å². The van der Waals surface area contributed by atoms with Crippen molar-refractivity contribution in [2.45, 2.75) is 11.8 Å². The van der Waals surface area contributed by atoms with E-state index in [0.717, 1.165) is 6.26 Å². The first-order valence-corrected chi connectivity index (χ1v) is 8.62. The summed E-state index contributed by atoms with van der Waals surface area (Å²) < 4.78 is 29.6. The van der Waals surface area contributed by atoms with E-state index in [1.54, 1.807) is 13.0 Å². The van der Waals surface area contributed by atoms with Crippen LogP contribution in [0.3, 0.4) is 0 Å². The third-order valence-electron chi connectivity index (χ3n) is 3.36. The highest BCUT2D eigenvalue weighted by Crippen LogP contribution is 2.19. The number of sulfone groups is 1. The van der Waals surface area contributed by atoms with Gasteiger partial charge in [0.15, 0.2) is 15.5 Å². The van der Waals surface area contributed by atoms with Crippen LogP contribution in [0, 0.1) is 0 Å². The molecule has 1 N–H and O–H groups in total. The number of nitrogens with one attached hydrogen (secondary N) is 1. The number of carbonyl (C=O) groups is 1. The van der Waals surface area contributed by atoms with Gasteiger partial charge in [0.05, 0.1) is 22.5 Å². The minimum absolute atomic E-state index is 0.0584. The summed E-state index contributed by atoms with van der Waals surface area (Å²) in [5, 5.41) is 0. The van der Waals surface area contributed by atoms with Gasteiger partial charge in [-0.1, -0.05) is 0 Å². The molecule has 0 spiro atoms. The van der Waals surface area contributed by atoms with E-state index < -0.39 is 21.4 Å². The van der Waals surface area contributed by atoms with Gasteiger partial charge >= 0.3 is 5.97 Å². The van der Waals surface area contributed by atoms with Crippen LogP contribution in [0.4, 0.5) is 0 Å². The Bertz CT molecular complexity index is 1090. The van der Waals surface area contributed by atoms with E-state index in [-0.39, 0.29) is 22.7 Å². The Morgan fingerprint density at radius 1 is 1.39 bits per heavy atom. The zero-order chi connectivity index (χ0) is 16.8. The molecule has 120 valence electrons. The molecule has 3 aromatic rings. The van der Waals surface area contributed by atoms with Gasteiger partial charge in [0, 0.05) is 6.26 Å². The molecule has 2 aromatic heterocycles. The molecular weight excluding hydrogens is 322 g/mol. The summed E-state index contributed by atoms with van der Waals surface area (Å²) in [6, 6.07) is 4.35. The summed E-state index contributed by atoms with van der Waals surface area (Å²) in [5.41, 5.74) is 0.280. The smallest absolute Gasteiger partial charge is 0.359 e. The molecule has 8 nitrogen and oxygen atoms in total. The summed E-state index contributed by atoms with van der Waals surface area (Å²) >= 11 is 0. The lowest BCUT2D eigenvalue weighted by atomic mass is 10.3. The van der Waals surface area contributed by atoms with Gasteiger partial charge in [-0.15, -0.1) is 0 Å². The van der Waals surface area contributed by atoms with Crippen molar-refractivity contribution in [2.75, 3.05) is 12.9 Å². The number of imidazole rings is 1. The van der Waals surface area contributed by atoms with Gasteiger partial charge in [-0.3, -0.25) is 9.20 Å². The number of fused-ring (bicyclic) bond motifs is 3. The molecule has 0 radical (unpaired) electrons. The first-order valence-electron chi connectivity index (χ1n) is 6.73. The van der Waals surface area contributed by atoms with Crippen molar-refractivity contribution >= 4 is 32.4 Å². The summed E-state index contributed by atoms with van der Waals surface area (Å²) in [5.74, 6) is -0.687. The fourth-order valence-corrected chi connectivity index (χ4v) is 2.98. The maximum Gasteiger partial charge on any atom is 0.359 e. The molecule has 0 amide bonds. The second-order valence-electron chi connectivity index (χ2n) is 4.94. The van der Waals surface area contributed by atoms with Crippen molar-refractivity contribution in [3.8, 4) is 0 Å². The Morgan fingerprint density at radius 3 is 2.78 bits per heavy atom. The average Bonchev–Trinajstić information content (AvgIpc) is 2.92. The number of esters is 1. The number of aromatic nitrogens is 3. The normalized spacial score (nSPS) is 11.9. The lowest BCUT2D eigenvalue weighted by Crippen LogP contribution is -2.15. The van der Waals surface area contributed by atoms with Crippen LogP contribution in [0.1, 0.15) is 17.4 Å². The van der Waals surface area contributed by atoms with E-state index in [4.69, 9.17) is 4.74 Å². The molecule has 0 bridgehead atoms. The van der Waals surface area contributed by atoms with Crippen LogP contribution in [0.5, 0.6) is 0 Å². The van der Waals surface area contributed by atoms with Crippen LogP contribution in [-0.4, -0.2) is 41.6 Å². The summed E-state index contributed by atoms with van der Waals surface area (Å²) in [6.45, 7) is 1.82. The van der Waals surface area contributed by atoms with Crippen LogP contribution in [0.15, 0.2) is 34.2 Å². The molecule has 0 aliphatic heterocycles. The fraction of sp³-hybridized carbons (Fsp3) is 0.214. The molecule has 3 rings (SSSR count). The van der Waals surface area contributed by atoms with Crippen LogP contribution in [-0.2, 0) is 14.6 Å². The summed E-state index contributed by atoms with van der Waals surface area (Å²) in [4.78, 5) is 30.7. The maximum absolute atomic E-state index is 12.3. The SMILES string of the molecule is CCOC(=O)c1ncn2c1c(=O)[nH]c1cc(S(C)(=O)=O)ccc12. The molecule has 2 heterocycles. The Hall–Kier alpha value is -2.68. The Balaban J connectivity index is 2.34. The van der Waals surface area contributed by atoms with E-state index in [9.17, 15) is 18.0 Å². The number of hydrogen-bond acceptors (Lipinski definition) is 6. The van der Waals surface area contributed by atoms with E-state index in [1.165, 1.54) is 22.9 Å². The number of carbonyl (C=O) groups excluding carboxylic acids is 1. The van der Waals surface area contributed by atoms with Gasteiger partial charge in [-0.25, -0.2) is 18.2 Å². The van der Waals surface area contributed by atoms with Crippen LogP contribution < -0.4 is 5.56 Å². The van der Waals surface area contributed by atoms with Crippen molar-refractivity contribution in [1.29, 1.82) is 0 Å². The second-order valence-corrected chi connectivity index (χ2v) is 6.95. The van der Waals surface area contributed by atoms with Gasteiger partial charge in [0.2, 0.25) is 0 Å². The topological polar surface area (TPSA) is 111 Å². The molecule has 23 heavy (non-hydrogen) atoms. The number of rotatable bonds is 3. The van der Waals surface area contributed by atoms with Gasteiger partial charge in [0.1, 0.15) is 11.8 Å². The highest BCUT2D eigenvalue weighted by molar-refractivity contribution is 7.90. The number of ether oxygens (including phenoxy) is 1. The average molecular weight is 335 g/mol. The largest absolute Gasteiger partial charge is 0.461 e. The van der Waals surface area contributed by atoms with Crippen molar-refractivity contribution in [1.82, 2.24) is 14.4 Å². The van der Waals surface area contributed by atoms with Gasteiger partial charge < -0.3 is 9.72 Å². The summed E-state index contributed by atoms with van der Waals surface area (Å²) in [7, 11) is -3.40. The Morgan fingerprint density at radius 2 is 2.13 bits per heavy atom. The van der Waals surface area contributed by atoms with Crippen LogP contribution in [0.25, 0.3) is 16.6 Å². The predicted molar refractivity (Wildman–Crippen MR) is 82.4 cm³/mol.